The maximum absolute atomic E-state index is 4.59. The van der Waals surface area contributed by atoms with Gasteiger partial charge in [0.1, 0.15) is 0 Å². The lowest BCUT2D eigenvalue weighted by molar-refractivity contribution is 0.193. The quantitative estimate of drug-likeness (QED) is 0.672. The van der Waals surface area contributed by atoms with Crippen LogP contribution in [0.5, 0.6) is 0 Å². The largest absolute Gasteiger partial charge is 0.348 e. The molecule has 3 heteroatoms. The highest BCUT2D eigenvalue weighted by Crippen LogP contribution is 2.56. The summed E-state index contributed by atoms with van der Waals surface area (Å²) in [5.41, 5.74) is 3.00. The Labute approximate surface area is 89.7 Å². The first-order valence-electron chi connectivity index (χ1n) is 6.16. The van der Waals surface area contributed by atoms with Crippen LogP contribution < -0.4 is 5.32 Å². The smallest absolute Gasteiger partial charge is 0.0926 e. The van der Waals surface area contributed by atoms with Crippen LogP contribution in [0.1, 0.15) is 37.1 Å². The molecule has 1 spiro atoms. The van der Waals surface area contributed by atoms with Gasteiger partial charge in [-0.25, -0.2) is 4.98 Å². The molecule has 0 aromatic carbocycles. The van der Waals surface area contributed by atoms with Crippen LogP contribution in [0.15, 0.2) is 6.33 Å². The fourth-order valence-electron chi connectivity index (χ4n) is 4.23. The van der Waals surface area contributed by atoms with Crippen LogP contribution in [-0.2, 0) is 12.0 Å². The molecule has 2 N–H and O–H groups in total. The second-order valence-electron chi connectivity index (χ2n) is 5.46. The zero-order valence-corrected chi connectivity index (χ0v) is 8.92. The van der Waals surface area contributed by atoms with Crippen molar-refractivity contribution in [1.29, 1.82) is 0 Å². The second-order valence-corrected chi connectivity index (χ2v) is 5.46. The summed E-state index contributed by atoms with van der Waals surface area (Å²) in [6.07, 6.45) is 8.62. The van der Waals surface area contributed by atoms with E-state index in [2.05, 4.69) is 15.3 Å². The normalized spacial score (nSPS) is 42.4. The summed E-state index contributed by atoms with van der Waals surface area (Å²) in [5, 5.41) is 3.79. The minimum atomic E-state index is 0.260. The fraction of sp³-hybridized carbons (Fsp3) is 0.750. The van der Waals surface area contributed by atoms with Crippen molar-refractivity contribution in [3.05, 3.63) is 17.7 Å². The van der Waals surface area contributed by atoms with Crippen LogP contribution in [0, 0.1) is 11.8 Å². The van der Waals surface area contributed by atoms with Crippen molar-refractivity contribution in [3.8, 4) is 0 Å². The summed E-state index contributed by atoms with van der Waals surface area (Å²) in [6.45, 7) is 1.12. The van der Waals surface area contributed by atoms with E-state index in [1.165, 1.54) is 37.1 Å². The van der Waals surface area contributed by atoms with Crippen LogP contribution in [0.3, 0.4) is 0 Å². The number of H-pyrrole nitrogens is 1. The molecular formula is C12H17N3. The van der Waals surface area contributed by atoms with Crippen LogP contribution in [0.4, 0.5) is 0 Å². The van der Waals surface area contributed by atoms with Gasteiger partial charge in [0, 0.05) is 18.7 Å². The van der Waals surface area contributed by atoms with E-state index in [1.54, 1.807) is 0 Å². The number of imidazole rings is 1. The highest BCUT2D eigenvalue weighted by atomic mass is 15.1. The van der Waals surface area contributed by atoms with E-state index in [9.17, 15) is 0 Å². The molecule has 4 rings (SSSR count). The van der Waals surface area contributed by atoms with Crippen molar-refractivity contribution < 1.29 is 0 Å². The van der Waals surface area contributed by atoms with Gasteiger partial charge in [-0.05, 0) is 31.1 Å². The van der Waals surface area contributed by atoms with Gasteiger partial charge in [-0.2, -0.15) is 0 Å². The van der Waals surface area contributed by atoms with Gasteiger partial charge in [0.2, 0.25) is 0 Å². The number of rotatable bonds is 0. The van der Waals surface area contributed by atoms with Gasteiger partial charge in [-0.15, -0.1) is 0 Å². The zero-order valence-electron chi connectivity index (χ0n) is 8.92. The van der Waals surface area contributed by atoms with E-state index in [0.29, 0.717) is 0 Å². The number of hydrogen-bond donors (Lipinski definition) is 2. The molecule has 2 bridgehead atoms. The lowest BCUT2D eigenvalue weighted by Gasteiger charge is -2.41. The van der Waals surface area contributed by atoms with Crippen LogP contribution >= 0.6 is 0 Å². The molecule has 2 aliphatic carbocycles. The van der Waals surface area contributed by atoms with Gasteiger partial charge < -0.3 is 10.3 Å². The summed E-state index contributed by atoms with van der Waals surface area (Å²) in [7, 11) is 0. The lowest BCUT2D eigenvalue weighted by Crippen LogP contribution is -2.51. The average molecular weight is 203 g/mol. The van der Waals surface area contributed by atoms with E-state index >= 15 is 0 Å². The topological polar surface area (TPSA) is 40.7 Å². The number of aromatic amines is 1. The number of fused-ring (bicyclic) bond motifs is 5. The third-order valence-electron chi connectivity index (χ3n) is 4.81. The molecule has 3 nitrogen and oxygen atoms in total. The first kappa shape index (κ1) is 8.34. The third kappa shape index (κ3) is 0.924. The van der Waals surface area contributed by atoms with Crippen LogP contribution in [0.25, 0.3) is 0 Å². The average Bonchev–Trinajstić information content (AvgIpc) is 2.89. The van der Waals surface area contributed by atoms with E-state index in [0.717, 1.165) is 24.8 Å². The Hall–Kier alpha value is -0.830. The predicted octanol–water partition coefficient (Wildman–Crippen LogP) is 1.57. The Balaban J connectivity index is 1.85. The molecule has 2 fully saturated rings. The number of nitrogens with one attached hydrogen (secondary N) is 2. The first-order chi connectivity index (χ1) is 7.38. The minimum absolute atomic E-state index is 0.260. The standard InChI is InChI=1S/C12H17N3/c1-2-9-5-8(1)6-12(9)11-10(3-4-15-12)13-7-14-11/h7-9,15H,1-6H2,(H,13,14). The fourth-order valence-corrected chi connectivity index (χ4v) is 4.23. The number of aromatic nitrogens is 2. The molecule has 3 aliphatic rings. The van der Waals surface area contributed by atoms with Crippen molar-refractivity contribution in [2.45, 2.75) is 37.6 Å². The van der Waals surface area contributed by atoms with Gasteiger partial charge >= 0.3 is 0 Å². The van der Waals surface area contributed by atoms with Crippen molar-refractivity contribution >= 4 is 0 Å². The molecular weight excluding hydrogens is 186 g/mol. The lowest BCUT2D eigenvalue weighted by atomic mass is 9.76. The Morgan fingerprint density at radius 2 is 2.40 bits per heavy atom. The number of nitrogens with zero attached hydrogens (tertiary/aromatic N) is 1. The summed E-state index contributed by atoms with van der Waals surface area (Å²) in [5.74, 6) is 1.81. The monoisotopic (exact) mass is 203 g/mol. The maximum Gasteiger partial charge on any atom is 0.0926 e. The molecule has 0 saturated heterocycles. The second kappa shape index (κ2) is 2.64. The van der Waals surface area contributed by atoms with E-state index < -0.39 is 0 Å². The minimum Gasteiger partial charge on any atom is -0.348 e. The van der Waals surface area contributed by atoms with Crippen molar-refractivity contribution in [3.63, 3.8) is 0 Å². The van der Waals surface area contributed by atoms with Gasteiger partial charge in [-0.3, -0.25) is 0 Å². The molecule has 0 amide bonds. The van der Waals surface area contributed by atoms with Gasteiger partial charge in [0.05, 0.1) is 17.6 Å². The Morgan fingerprint density at radius 1 is 1.40 bits per heavy atom. The van der Waals surface area contributed by atoms with Crippen LogP contribution in [0.2, 0.25) is 0 Å². The molecule has 80 valence electrons. The van der Waals surface area contributed by atoms with E-state index in [4.69, 9.17) is 0 Å². The summed E-state index contributed by atoms with van der Waals surface area (Å²) in [4.78, 5) is 7.91. The molecule has 3 atom stereocenters. The summed E-state index contributed by atoms with van der Waals surface area (Å²) >= 11 is 0. The molecule has 1 aliphatic heterocycles. The van der Waals surface area contributed by atoms with Gasteiger partial charge in [0.25, 0.3) is 0 Å². The van der Waals surface area contributed by atoms with Crippen molar-refractivity contribution in [2.75, 3.05) is 6.54 Å². The highest BCUT2D eigenvalue weighted by Gasteiger charge is 2.54. The summed E-state index contributed by atoms with van der Waals surface area (Å²) in [6, 6.07) is 0. The Kier molecular flexibility index (Phi) is 1.47. The van der Waals surface area contributed by atoms with Crippen molar-refractivity contribution in [2.24, 2.45) is 11.8 Å². The molecule has 2 saturated carbocycles. The molecule has 2 heterocycles. The SMILES string of the molecule is c1nc2c([nH]1)CCNC21CC2CCC1C2. The molecule has 1 aromatic heterocycles. The van der Waals surface area contributed by atoms with E-state index in [-0.39, 0.29) is 5.54 Å². The third-order valence-corrected chi connectivity index (χ3v) is 4.81. The van der Waals surface area contributed by atoms with Crippen molar-refractivity contribution in [1.82, 2.24) is 15.3 Å². The van der Waals surface area contributed by atoms with E-state index in [1.807, 2.05) is 6.33 Å². The highest BCUT2D eigenvalue weighted by molar-refractivity contribution is 5.29. The van der Waals surface area contributed by atoms with Gasteiger partial charge in [0.15, 0.2) is 0 Å². The predicted molar refractivity (Wildman–Crippen MR) is 57.4 cm³/mol. The van der Waals surface area contributed by atoms with Crippen LogP contribution in [-0.4, -0.2) is 16.5 Å². The first-order valence-corrected chi connectivity index (χ1v) is 6.16. The Morgan fingerprint density at radius 3 is 3.20 bits per heavy atom. The Bertz CT molecular complexity index is 397. The summed E-state index contributed by atoms with van der Waals surface area (Å²) < 4.78 is 0. The molecule has 0 radical (unpaired) electrons. The zero-order chi connectivity index (χ0) is 9.88. The maximum atomic E-state index is 4.59. The molecule has 3 unspecified atom stereocenters. The number of hydrogen-bond acceptors (Lipinski definition) is 2. The van der Waals surface area contributed by atoms with Gasteiger partial charge in [-0.1, -0.05) is 6.42 Å². The molecule has 1 aromatic rings. The molecule has 15 heavy (non-hydrogen) atoms.